The molecule has 0 fully saturated rings. The lowest BCUT2D eigenvalue weighted by Gasteiger charge is -2.43. The Bertz CT molecular complexity index is 377. The standard InChI is InChI=1S/C11H31NO3SSi3/c1-17(2,3)12(18(4,5)6)10-11-16(13,14)15-19(7,8)9/h10-11H2,1-9H3. The third-order valence-corrected chi connectivity index (χ3v) is 14.0. The zero-order valence-electron chi connectivity index (χ0n) is 14.0. The van der Waals surface area contributed by atoms with Crippen molar-refractivity contribution in [1.82, 2.24) is 4.23 Å². The van der Waals surface area contributed by atoms with Crippen LogP contribution < -0.4 is 0 Å². The van der Waals surface area contributed by atoms with Crippen LogP contribution in [0.25, 0.3) is 0 Å². The van der Waals surface area contributed by atoms with Gasteiger partial charge in [0.15, 0.2) is 0 Å². The van der Waals surface area contributed by atoms with E-state index in [1.807, 2.05) is 19.6 Å². The van der Waals surface area contributed by atoms with Gasteiger partial charge in [-0.15, -0.1) is 0 Å². The molecule has 0 aromatic carbocycles. The molecule has 0 N–H and O–H groups in total. The first-order valence-corrected chi connectivity index (χ1v) is 18.6. The van der Waals surface area contributed by atoms with Crippen molar-refractivity contribution in [2.45, 2.75) is 58.9 Å². The molecule has 0 heterocycles. The molecule has 19 heavy (non-hydrogen) atoms. The Morgan fingerprint density at radius 3 is 1.47 bits per heavy atom. The second kappa shape index (κ2) is 6.10. The fraction of sp³-hybridized carbons (Fsp3) is 1.00. The number of nitrogens with zero attached hydrogens (tertiary/aromatic N) is 1. The fourth-order valence-corrected chi connectivity index (χ4v) is 16.0. The Labute approximate surface area is 123 Å². The minimum atomic E-state index is -3.39. The Balaban J connectivity index is 4.85. The predicted molar refractivity (Wildman–Crippen MR) is 91.6 cm³/mol. The Morgan fingerprint density at radius 2 is 1.21 bits per heavy atom. The molecule has 0 amide bonds. The molecule has 0 bridgehead atoms. The molecule has 0 aliphatic heterocycles. The van der Waals surface area contributed by atoms with Crippen LogP contribution >= 0.6 is 0 Å². The second-order valence-corrected chi connectivity index (χ2v) is 24.6. The van der Waals surface area contributed by atoms with E-state index in [0.29, 0.717) is 6.54 Å². The van der Waals surface area contributed by atoms with Gasteiger partial charge < -0.3 is 8.10 Å². The van der Waals surface area contributed by atoms with E-state index in [9.17, 15) is 8.42 Å². The highest BCUT2D eigenvalue weighted by Gasteiger charge is 2.35. The first-order chi connectivity index (χ1) is 8.05. The summed E-state index contributed by atoms with van der Waals surface area (Å²) in [5, 5.41) is 0. The maximum Gasteiger partial charge on any atom is 0.259 e. The highest BCUT2D eigenvalue weighted by Crippen LogP contribution is 2.20. The summed E-state index contributed by atoms with van der Waals surface area (Å²) >= 11 is 0. The van der Waals surface area contributed by atoms with Crippen LogP contribution in [0.15, 0.2) is 0 Å². The van der Waals surface area contributed by atoms with Crippen molar-refractivity contribution in [3.05, 3.63) is 0 Å². The lowest BCUT2D eigenvalue weighted by Crippen LogP contribution is -2.60. The van der Waals surface area contributed by atoms with Gasteiger partial charge in [0.2, 0.25) is 8.32 Å². The van der Waals surface area contributed by atoms with Gasteiger partial charge in [-0.05, 0) is 19.6 Å². The highest BCUT2D eigenvalue weighted by molar-refractivity contribution is 7.87. The van der Waals surface area contributed by atoms with Crippen molar-refractivity contribution in [3.63, 3.8) is 0 Å². The molecule has 0 radical (unpaired) electrons. The van der Waals surface area contributed by atoms with Gasteiger partial charge in [0.05, 0.1) is 5.75 Å². The molecular formula is C11H31NO3SSi3. The lowest BCUT2D eigenvalue weighted by molar-refractivity contribution is 0.480. The molecule has 116 valence electrons. The summed E-state index contributed by atoms with van der Waals surface area (Å²) in [5.41, 5.74) is 0. The molecule has 0 aliphatic rings. The van der Waals surface area contributed by atoms with Gasteiger partial charge in [-0.3, -0.25) is 0 Å². The topological polar surface area (TPSA) is 46.6 Å². The van der Waals surface area contributed by atoms with E-state index in [2.05, 4.69) is 43.5 Å². The average molecular weight is 342 g/mol. The van der Waals surface area contributed by atoms with Crippen LogP contribution in [0.5, 0.6) is 0 Å². The molecule has 4 nitrogen and oxygen atoms in total. The monoisotopic (exact) mass is 341 g/mol. The third-order valence-electron chi connectivity index (χ3n) is 2.56. The summed E-state index contributed by atoms with van der Waals surface area (Å²) in [6.45, 7) is 20.0. The van der Waals surface area contributed by atoms with Crippen molar-refractivity contribution in [3.8, 4) is 0 Å². The summed E-state index contributed by atoms with van der Waals surface area (Å²) in [6.07, 6.45) is 0. The minimum absolute atomic E-state index is 0.117. The van der Waals surface area contributed by atoms with Crippen molar-refractivity contribution in [2.24, 2.45) is 0 Å². The SMILES string of the molecule is C[Si](C)(C)OS(=O)(=O)CCN([Si](C)(C)C)[Si](C)(C)C. The maximum absolute atomic E-state index is 12.0. The van der Waals surface area contributed by atoms with E-state index in [0.717, 1.165) is 0 Å². The minimum Gasteiger partial charge on any atom is -0.345 e. The van der Waals surface area contributed by atoms with Crippen LogP contribution in [0.2, 0.25) is 58.9 Å². The second-order valence-electron chi connectivity index (χ2n) is 7.95. The predicted octanol–water partition coefficient (Wildman–Crippen LogP) is 3.14. The molecule has 0 atom stereocenters. The van der Waals surface area contributed by atoms with Gasteiger partial charge in [0.1, 0.15) is 16.5 Å². The quantitative estimate of drug-likeness (QED) is 0.667. The third kappa shape index (κ3) is 8.41. The van der Waals surface area contributed by atoms with Crippen LogP contribution in [0.1, 0.15) is 0 Å². The smallest absolute Gasteiger partial charge is 0.259 e. The normalized spacial score (nSPS) is 15.1. The molecule has 0 saturated heterocycles. The fourth-order valence-electron chi connectivity index (χ4n) is 2.30. The molecule has 8 heteroatoms. The molecule has 0 spiro atoms. The number of hydrogen-bond acceptors (Lipinski definition) is 4. The molecule has 0 aliphatic carbocycles. The zero-order valence-corrected chi connectivity index (χ0v) is 17.8. The molecule has 0 aromatic rings. The van der Waals surface area contributed by atoms with E-state index >= 15 is 0 Å². The van der Waals surface area contributed by atoms with Crippen LogP contribution in [0.3, 0.4) is 0 Å². The van der Waals surface area contributed by atoms with E-state index in [-0.39, 0.29) is 5.75 Å². The van der Waals surface area contributed by atoms with Gasteiger partial charge in [-0.2, -0.15) is 0 Å². The first kappa shape index (κ1) is 19.5. The van der Waals surface area contributed by atoms with Gasteiger partial charge in [-0.1, -0.05) is 39.3 Å². The van der Waals surface area contributed by atoms with Crippen LogP contribution in [-0.4, -0.2) is 49.7 Å². The van der Waals surface area contributed by atoms with E-state index in [1.54, 1.807) is 0 Å². The van der Waals surface area contributed by atoms with Gasteiger partial charge in [0.25, 0.3) is 10.1 Å². The summed E-state index contributed by atoms with van der Waals surface area (Å²) in [6, 6.07) is 0. The molecule has 0 saturated carbocycles. The van der Waals surface area contributed by atoms with Crippen molar-refractivity contribution in [1.29, 1.82) is 0 Å². The van der Waals surface area contributed by atoms with Gasteiger partial charge in [0, 0.05) is 6.54 Å². The number of rotatable bonds is 7. The molecular weight excluding hydrogens is 310 g/mol. The van der Waals surface area contributed by atoms with Gasteiger partial charge in [-0.25, -0.2) is 8.42 Å². The first-order valence-electron chi connectivity index (χ1n) is 6.76. The summed E-state index contributed by atoms with van der Waals surface area (Å²) < 4.78 is 31.8. The Hall–Kier alpha value is 0.521. The van der Waals surface area contributed by atoms with E-state index in [4.69, 9.17) is 3.87 Å². The Morgan fingerprint density at radius 1 is 0.842 bits per heavy atom. The highest BCUT2D eigenvalue weighted by atomic mass is 32.2. The summed E-state index contributed by atoms with van der Waals surface area (Å²) in [5.74, 6) is 0.117. The van der Waals surface area contributed by atoms with Crippen LogP contribution in [0, 0.1) is 0 Å². The average Bonchev–Trinajstić information content (AvgIpc) is 1.91. The van der Waals surface area contributed by atoms with Crippen LogP contribution in [-0.2, 0) is 14.0 Å². The summed E-state index contributed by atoms with van der Waals surface area (Å²) in [4.78, 5) is 0. The lowest BCUT2D eigenvalue weighted by atomic mass is 10.8. The largest absolute Gasteiger partial charge is 0.345 e. The molecule has 0 aromatic heterocycles. The number of hydrogen-bond donors (Lipinski definition) is 0. The zero-order chi connectivity index (χ0) is 15.7. The van der Waals surface area contributed by atoms with Crippen LogP contribution in [0.4, 0.5) is 0 Å². The summed E-state index contributed by atoms with van der Waals surface area (Å²) in [7, 11) is -8.42. The van der Waals surface area contributed by atoms with Crippen molar-refractivity contribution < 1.29 is 12.3 Å². The van der Waals surface area contributed by atoms with Gasteiger partial charge >= 0.3 is 0 Å². The van der Waals surface area contributed by atoms with Crippen molar-refractivity contribution >= 4 is 34.9 Å². The Kier molecular flexibility index (Phi) is 6.27. The molecule has 0 unspecified atom stereocenters. The van der Waals surface area contributed by atoms with E-state index in [1.165, 1.54) is 0 Å². The van der Waals surface area contributed by atoms with Crippen molar-refractivity contribution in [2.75, 3.05) is 12.3 Å². The molecule has 0 rings (SSSR count). The maximum atomic E-state index is 12.0. The van der Waals surface area contributed by atoms with E-state index < -0.39 is 34.9 Å².